The zero-order chi connectivity index (χ0) is 14.1. The molecule has 0 aliphatic rings. The van der Waals surface area contributed by atoms with E-state index in [2.05, 4.69) is 33.3 Å². The Bertz CT molecular complexity index is 712. The number of aromatic nitrogens is 3. The Kier molecular flexibility index (Phi) is 4.11. The molecule has 1 atom stereocenters. The minimum absolute atomic E-state index is 0.173. The van der Waals surface area contributed by atoms with Gasteiger partial charge in [0.2, 0.25) is 0 Å². The zero-order valence-electron chi connectivity index (χ0n) is 11.4. The summed E-state index contributed by atoms with van der Waals surface area (Å²) in [5.74, 6) is 0. The maximum absolute atomic E-state index is 6.13. The van der Waals surface area contributed by atoms with Gasteiger partial charge in [-0.25, -0.2) is 9.97 Å². The van der Waals surface area contributed by atoms with Gasteiger partial charge in [-0.2, -0.15) is 0 Å². The summed E-state index contributed by atoms with van der Waals surface area (Å²) in [5, 5.41) is 5.17. The van der Waals surface area contributed by atoms with Crippen LogP contribution in [-0.4, -0.2) is 20.4 Å². The fourth-order valence-electron chi connectivity index (χ4n) is 1.93. The van der Waals surface area contributed by atoms with Crippen LogP contribution < -0.4 is 5.73 Å². The Balaban J connectivity index is 1.96. The van der Waals surface area contributed by atoms with Crippen LogP contribution in [-0.2, 0) is 6.42 Å². The maximum Gasteiger partial charge on any atom is 0.194 e. The molecule has 3 rings (SSSR count). The molecule has 3 aromatic heterocycles. The number of hydrogen-bond donors (Lipinski definition) is 1. The van der Waals surface area contributed by atoms with Gasteiger partial charge in [0, 0.05) is 35.1 Å². The van der Waals surface area contributed by atoms with E-state index >= 15 is 0 Å². The summed E-state index contributed by atoms with van der Waals surface area (Å²) in [7, 11) is 0. The lowest BCUT2D eigenvalue weighted by molar-refractivity contribution is 0.627. The second-order valence-corrected chi connectivity index (χ2v) is 7.62. The van der Waals surface area contributed by atoms with Gasteiger partial charge >= 0.3 is 0 Å². The first-order valence-corrected chi connectivity index (χ1v) is 9.05. The molecule has 106 valence electrons. The molecule has 0 aliphatic carbocycles. The van der Waals surface area contributed by atoms with Gasteiger partial charge in [0.05, 0.1) is 5.69 Å². The molecule has 2 N–H and O–H groups in total. The predicted octanol–water partition coefficient (Wildman–Crippen LogP) is 3.59. The van der Waals surface area contributed by atoms with E-state index in [1.807, 2.05) is 6.92 Å². The normalized spacial score (nSPS) is 13.2. The Hall–Kier alpha value is -0.890. The fourth-order valence-corrected chi connectivity index (χ4v) is 4.61. The van der Waals surface area contributed by atoms with Crippen LogP contribution in [0.15, 0.2) is 26.3 Å². The van der Waals surface area contributed by atoms with Crippen molar-refractivity contribution in [3.05, 3.63) is 28.3 Å². The first-order chi connectivity index (χ1) is 9.67. The van der Waals surface area contributed by atoms with Gasteiger partial charge in [0.1, 0.15) is 5.03 Å². The quantitative estimate of drug-likeness (QED) is 0.779. The third-order valence-corrected chi connectivity index (χ3v) is 5.92. The molecule has 4 nitrogen and oxygen atoms in total. The lowest BCUT2D eigenvalue weighted by atomic mass is 10.1. The monoisotopic (exact) mass is 324 g/mol. The molecule has 3 heterocycles. The van der Waals surface area contributed by atoms with Crippen molar-refractivity contribution in [1.29, 1.82) is 0 Å². The molecule has 0 spiro atoms. The van der Waals surface area contributed by atoms with Crippen LogP contribution in [0, 0.1) is 6.92 Å². The molecule has 0 amide bonds. The minimum atomic E-state index is 0.173. The summed E-state index contributed by atoms with van der Waals surface area (Å²) in [6.07, 6.45) is 3.89. The number of imidazole rings is 1. The van der Waals surface area contributed by atoms with E-state index in [9.17, 15) is 0 Å². The molecule has 0 saturated carbocycles. The molecule has 0 bridgehead atoms. The Morgan fingerprint density at radius 3 is 2.95 bits per heavy atom. The smallest absolute Gasteiger partial charge is 0.194 e. The van der Waals surface area contributed by atoms with E-state index < -0.39 is 0 Å². The number of rotatable bonds is 5. The fraction of sp³-hybridized carbons (Fsp3) is 0.385. The van der Waals surface area contributed by atoms with Crippen molar-refractivity contribution in [2.75, 3.05) is 0 Å². The van der Waals surface area contributed by atoms with Gasteiger partial charge < -0.3 is 5.73 Å². The first-order valence-electron chi connectivity index (χ1n) is 6.47. The van der Waals surface area contributed by atoms with E-state index in [0.717, 1.165) is 32.9 Å². The van der Waals surface area contributed by atoms with Crippen LogP contribution in [0.5, 0.6) is 0 Å². The van der Waals surface area contributed by atoms with Gasteiger partial charge in [-0.1, -0.05) is 6.92 Å². The minimum Gasteiger partial charge on any atom is -0.327 e. The highest BCUT2D eigenvalue weighted by atomic mass is 32.2. The predicted molar refractivity (Wildman–Crippen MR) is 86.0 cm³/mol. The molecule has 7 heteroatoms. The number of thiazole rings is 2. The molecule has 1 unspecified atom stereocenters. The summed E-state index contributed by atoms with van der Waals surface area (Å²) < 4.78 is 3.20. The first kappa shape index (κ1) is 14.1. The van der Waals surface area contributed by atoms with Gasteiger partial charge in [-0.05, 0) is 25.1 Å². The van der Waals surface area contributed by atoms with Crippen LogP contribution in [0.4, 0.5) is 0 Å². The third kappa shape index (κ3) is 2.76. The van der Waals surface area contributed by atoms with Crippen molar-refractivity contribution in [3.63, 3.8) is 0 Å². The lowest BCUT2D eigenvalue weighted by Crippen LogP contribution is -2.22. The maximum atomic E-state index is 6.13. The van der Waals surface area contributed by atoms with Crippen LogP contribution in [0.3, 0.4) is 0 Å². The van der Waals surface area contributed by atoms with E-state index in [0.29, 0.717) is 0 Å². The summed E-state index contributed by atoms with van der Waals surface area (Å²) in [5.41, 5.74) is 8.39. The van der Waals surface area contributed by atoms with Gasteiger partial charge in [-0.15, -0.1) is 22.7 Å². The van der Waals surface area contributed by atoms with E-state index in [-0.39, 0.29) is 6.04 Å². The number of aryl methyl sites for hydroxylation is 1. The highest BCUT2D eigenvalue weighted by Crippen LogP contribution is 2.34. The molecule has 0 saturated heterocycles. The average Bonchev–Trinajstić information content (AvgIpc) is 3.09. The van der Waals surface area contributed by atoms with Crippen molar-refractivity contribution < 1.29 is 0 Å². The summed E-state index contributed by atoms with van der Waals surface area (Å²) >= 11 is 4.96. The molecule has 20 heavy (non-hydrogen) atoms. The van der Waals surface area contributed by atoms with E-state index in [1.54, 1.807) is 34.4 Å². The third-order valence-electron chi connectivity index (χ3n) is 3.09. The Labute approximate surface area is 130 Å². The average molecular weight is 324 g/mol. The second-order valence-electron chi connectivity index (χ2n) is 4.65. The number of nitrogens with two attached hydrogens (primary N) is 1. The SMILES string of the molecule is CCC(N)Cc1c(Sc2nc(C)cs2)nc2sccn12. The van der Waals surface area contributed by atoms with E-state index in [1.165, 1.54) is 5.69 Å². The van der Waals surface area contributed by atoms with E-state index in [4.69, 9.17) is 10.7 Å². The molecule has 0 aromatic carbocycles. The summed E-state index contributed by atoms with van der Waals surface area (Å²) in [4.78, 5) is 10.3. The summed E-state index contributed by atoms with van der Waals surface area (Å²) in [6, 6.07) is 0.173. The van der Waals surface area contributed by atoms with Crippen molar-refractivity contribution in [2.45, 2.75) is 42.1 Å². The largest absolute Gasteiger partial charge is 0.327 e. The van der Waals surface area contributed by atoms with Gasteiger partial charge in [-0.3, -0.25) is 4.40 Å². The topological polar surface area (TPSA) is 56.2 Å². The van der Waals surface area contributed by atoms with Gasteiger partial charge in [0.15, 0.2) is 9.30 Å². The van der Waals surface area contributed by atoms with Crippen LogP contribution >= 0.6 is 34.4 Å². The lowest BCUT2D eigenvalue weighted by Gasteiger charge is -2.08. The van der Waals surface area contributed by atoms with Crippen LogP contribution in [0.1, 0.15) is 24.7 Å². The molecule has 0 aliphatic heterocycles. The molecule has 0 fully saturated rings. The zero-order valence-corrected chi connectivity index (χ0v) is 13.8. The van der Waals surface area contributed by atoms with Gasteiger partial charge in [0.25, 0.3) is 0 Å². The summed E-state index contributed by atoms with van der Waals surface area (Å²) in [6.45, 7) is 4.13. The number of hydrogen-bond acceptors (Lipinski definition) is 6. The van der Waals surface area contributed by atoms with Crippen molar-refractivity contribution >= 4 is 39.4 Å². The Morgan fingerprint density at radius 2 is 2.25 bits per heavy atom. The van der Waals surface area contributed by atoms with Crippen molar-refractivity contribution in [3.8, 4) is 0 Å². The van der Waals surface area contributed by atoms with Crippen molar-refractivity contribution in [2.24, 2.45) is 5.73 Å². The van der Waals surface area contributed by atoms with Crippen LogP contribution in [0.2, 0.25) is 0 Å². The van der Waals surface area contributed by atoms with Crippen molar-refractivity contribution in [1.82, 2.24) is 14.4 Å². The standard InChI is InChI=1S/C13H16N4S3/c1-3-9(14)6-10-11(16-12-17(10)4-5-18-12)20-13-15-8(2)7-19-13/h4-5,7,9H,3,6,14H2,1-2H3. The highest BCUT2D eigenvalue weighted by molar-refractivity contribution is 8.01. The number of fused-ring (bicyclic) bond motifs is 1. The molecule has 0 radical (unpaired) electrons. The Morgan fingerprint density at radius 1 is 1.40 bits per heavy atom. The molecule has 3 aromatic rings. The number of nitrogens with zero attached hydrogens (tertiary/aromatic N) is 3. The van der Waals surface area contributed by atoms with Crippen LogP contribution in [0.25, 0.3) is 4.96 Å². The second kappa shape index (κ2) is 5.85. The molecular weight excluding hydrogens is 308 g/mol. The highest BCUT2D eigenvalue weighted by Gasteiger charge is 2.17. The molecular formula is C13H16N4S3.